The van der Waals surface area contributed by atoms with E-state index in [1.165, 1.54) is 16.2 Å². The molecule has 0 aliphatic rings. The van der Waals surface area contributed by atoms with Gasteiger partial charge in [-0.15, -0.1) is 0 Å². The summed E-state index contributed by atoms with van der Waals surface area (Å²) >= 11 is -1.93. The van der Waals surface area contributed by atoms with Gasteiger partial charge in [0.1, 0.15) is 0 Å². The second-order valence-electron chi connectivity index (χ2n) is 9.24. The van der Waals surface area contributed by atoms with E-state index in [0.717, 1.165) is 21.8 Å². The van der Waals surface area contributed by atoms with E-state index in [2.05, 4.69) is 35.3 Å². The third-order valence-electron chi connectivity index (χ3n) is 5.37. The zero-order valence-corrected chi connectivity index (χ0v) is 24.6. The van der Waals surface area contributed by atoms with Crippen molar-refractivity contribution < 1.29 is 33.3 Å². The fourth-order valence-electron chi connectivity index (χ4n) is 3.54. The predicted molar refractivity (Wildman–Crippen MR) is 146 cm³/mol. The van der Waals surface area contributed by atoms with E-state index in [4.69, 9.17) is 18.9 Å². The molecule has 0 N–H and O–H groups in total. The van der Waals surface area contributed by atoms with Crippen LogP contribution in [0.15, 0.2) is 36.4 Å². The molecule has 1 atom stereocenters. The number of benzene rings is 2. The summed E-state index contributed by atoms with van der Waals surface area (Å²) in [6.45, 7) is 9.02. The summed E-state index contributed by atoms with van der Waals surface area (Å²) in [7, 11) is 3.93. The van der Waals surface area contributed by atoms with E-state index in [0.29, 0.717) is 10.6 Å². The summed E-state index contributed by atoms with van der Waals surface area (Å²) < 4.78 is 23.2. The van der Waals surface area contributed by atoms with E-state index in [-0.39, 0.29) is 6.42 Å². The Balaban J connectivity index is 2.64. The molecule has 0 radical (unpaired) electrons. The van der Waals surface area contributed by atoms with Crippen molar-refractivity contribution in [2.24, 2.45) is 0 Å². The molecular weight excluding hydrogens is 577 g/mol. The number of nitrogens with zero attached hydrogens (tertiary/aromatic N) is 1. The van der Waals surface area contributed by atoms with Crippen molar-refractivity contribution in [3.05, 3.63) is 60.2 Å². The van der Waals surface area contributed by atoms with Gasteiger partial charge in [-0.1, -0.05) is 0 Å². The topological polar surface area (TPSA) is 91.4 Å². The van der Waals surface area contributed by atoms with Gasteiger partial charge in [0.05, 0.1) is 0 Å². The van der Waals surface area contributed by atoms with Crippen molar-refractivity contribution in [1.82, 2.24) is 4.90 Å². The van der Waals surface area contributed by atoms with Gasteiger partial charge < -0.3 is 0 Å². The second-order valence-corrected chi connectivity index (χ2v) is 14.3. The average molecular weight is 613 g/mol. The first-order valence-electron chi connectivity index (χ1n) is 11.3. The van der Waals surface area contributed by atoms with Crippen LogP contribution in [0.5, 0.6) is 5.75 Å². The standard InChI is InChI=1S/C27H36INO7/c1-17-10-12-20(13-11-17)28(6)21-14-18(2)23(33-7)16-19(21)15-22(24(30)34-8)29(25(31)35-9)26(32)36-27(3,4)5/h10-14,16,22H,15H2,1-9H3/t22-/m0/s1. The Bertz CT molecular complexity index is 1090. The van der Waals surface area contributed by atoms with Gasteiger partial charge in [-0.2, -0.15) is 0 Å². The van der Waals surface area contributed by atoms with Crippen LogP contribution in [0.25, 0.3) is 0 Å². The van der Waals surface area contributed by atoms with E-state index in [1.54, 1.807) is 27.9 Å². The summed E-state index contributed by atoms with van der Waals surface area (Å²) in [5, 5.41) is 0. The van der Waals surface area contributed by atoms with Gasteiger partial charge in [0.2, 0.25) is 0 Å². The Morgan fingerprint density at radius 1 is 0.944 bits per heavy atom. The average Bonchev–Trinajstić information content (AvgIpc) is 2.82. The van der Waals surface area contributed by atoms with Gasteiger partial charge in [0.25, 0.3) is 0 Å². The Morgan fingerprint density at radius 2 is 1.56 bits per heavy atom. The Hall–Kier alpha value is -2.82. The van der Waals surface area contributed by atoms with E-state index in [9.17, 15) is 14.4 Å². The normalized spacial score (nSPS) is 12.3. The first-order valence-corrected chi connectivity index (χ1v) is 15.7. The second kappa shape index (κ2) is 12.4. The van der Waals surface area contributed by atoms with Gasteiger partial charge in [0, 0.05) is 0 Å². The first kappa shape index (κ1) is 29.4. The number of methoxy groups -OCH3 is 3. The van der Waals surface area contributed by atoms with Gasteiger partial charge in [0.15, 0.2) is 0 Å². The minimum atomic E-state index is -1.93. The van der Waals surface area contributed by atoms with Crippen LogP contribution >= 0.6 is 19.8 Å². The maximum absolute atomic E-state index is 13.0. The van der Waals surface area contributed by atoms with Crippen LogP contribution in [0.4, 0.5) is 9.59 Å². The first-order chi connectivity index (χ1) is 16.8. The number of hydrogen-bond acceptors (Lipinski definition) is 7. The molecule has 2 amide bonds. The molecule has 0 fully saturated rings. The predicted octanol–water partition coefficient (Wildman–Crippen LogP) is 5.58. The van der Waals surface area contributed by atoms with Crippen LogP contribution in [-0.2, 0) is 25.4 Å². The summed E-state index contributed by atoms with van der Waals surface area (Å²) in [5.74, 6) is -0.115. The van der Waals surface area contributed by atoms with E-state index >= 15 is 0 Å². The molecule has 0 aliphatic heterocycles. The number of rotatable bonds is 7. The molecule has 36 heavy (non-hydrogen) atoms. The number of halogens is 1. The van der Waals surface area contributed by atoms with Gasteiger partial charge >= 0.3 is 221 Å². The number of imide groups is 1. The SMILES string of the molecule is COC(=O)[C@H](Cc1cc(OC)c(C)cc1I(C)c1ccc(C)cc1)N(C(=O)OC)C(=O)OC(C)(C)C. The number of esters is 1. The quantitative estimate of drug-likeness (QED) is 0.175. The summed E-state index contributed by atoms with van der Waals surface area (Å²) in [5.41, 5.74) is 2.03. The molecule has 2 aromatic carbocycles. The van der Waals surface area contributed by atoms with Gasteiger partial charge in [-0.3, -0.25) is 0 Å². The summed E-state index contributed by atoms with van der Waals surface area (Å²) in [4.78, 5) is 41.6. The van der Waals surface area contributed by atoms with Crippen molar-refractivity contribution >= 4 is 38.0 Å². The van der Waals surface area contributed by atoms with E-state index < -0.39 is 49.6 Å². The van der Waals surface area contributed by atoms with Crippen LogP contribution in [-0.4, -0.2) is 61.0 Å². The molecule has 2 rings (SSSR count). The monoisotopic (exact) mass is 613 g/mol. The van der Waals surface area contributed by atoms with Crippen LogP contribution in [0, 0.1) is 21.0 Å². The van der Waals surface area contributed by atoms with Crippen LogP contribution in [0.2, 0.25) is 0 Å². The molecule has 0 unspecified atom stereocenters. The molecule has 0 spiro atoms. The molecule has 0 bridgehead atoms. The van der Waals surface area contributed by atoms with Crippen molar-refractivity contribution in [2.75, 3.05) is 26.3 Å². The van der Waals surface area contributed by atoms with Crippen LogP contribution in [0.3, 0.4) is 0 Å². The molecule has 2 aromatic rings. The minimum absolute atomic E-state index is 0.0146. The molecule has 0 aromatic heterocycles. The Morgan fingerprint density at radius 3 is 2.06 bits per heavy atom. The van der Waals surface area contributed by atoms with Crippen molar-refractivity contribution in [3.63, 3.8) is 0 Å². The molecule has 9 heteroatoms. The number of hydrogen-bond donors (Lipinski definition) is 0. The van der Waals surface area contributed by atoms with Crippen LogP contribution < -0.4 is 4.74 Å². The molecule has 0 saturated carbocycles. The molecule has 8 nitrogen and oxygen atoms in total. The molecule has 0 saturated heterocycles. The zero-order valence-electron chi connectivity index (χ0n) is 22.4. The summed E-state index contributed by atoms with van der Waals surface area (Å²) in [6.07, 6.45) is -1.98. The van der Waals surface area contributed by atoms with Crippen LogP contribution in [0.1, 0.15) is 37.5 Å². The Kier molecular flexibility index (Phi) is 10.2. The maximum atomic E-state index is 13.0. The fraction of sp³-hybridized carbons (Fsp3) is 0.444. The van der Waals surface area contributed by atoms with Gasteiger partial charge in [-0.05, 0) is 0 Å². The third-order valence-corrected chi connectivity index (χ3v) is 10.7. The van der Waals surface area contributed by atoms with Gasteiger partial charge in [-0.25, -0.2) is 0 Å². The van der Waals surface area contributed by atoms with Crippen molar-refractivity contribution in [1.29, 1.82) is 0 Å². The number of amides is 2. The van der Waals surface area contributed by atoms with Crippen molar-refractivity contribution in [2.45, 2.75) is 52.7 Å². The molecule has 0 heterocycles. The molecule has 0 aliphatic carbocycles. The number of aryl methyl sites for hydroxylation is 2. The zero-order chi connectivity index (χ0) is 27.2. The third kappa shape index (κ3) is 7.35. The van der Waals surface area contributed by atoms with Crippen molar-refractivity contribution in [3.8, 4) is 5.75 Å². The number of alkyl halides is 1. The molecule has 198 valence electrons. The number of carbonyl (C=O) groups excluding carboxylic acids is 3. The fourth-order valence-corrected chi connectivity index (χ4v) is 8.00. The summed E-state index contributed by atoms with van der Waals surface area (Å²) in [6, 6.07) is 11.1. The molecular formula is C27H36INO7. The van der Waals surface area contributed by atoms with E-state index in [1.807, 2.05) is 19.9 Å². The Labute approximate surface area is 220 Å². The number of carbonyl (C=O) groups is 3. The number of ether oxygens (including phenoxy) is 4.